The molecule has 4 aliphatic carbocycles. The lowest BCUT2D eigenvalue weighted by molar-refractivity contribution is -0.139. The minimum absolute atomic E-state index is 0.0165. The normalized spacial score (nSPS) is 22.4. The predicted molar refractivity (Wildman–Crippen MR) is 185 cm³/mol. The van der Waals surface area contributed by atoms with Gasteiger partial charge in [-0.2, -0.15) is 0 Å². The number of rotatable bonds is 12. The minimum atomic E-state index is -1.39. The van der Waals surface area contributed by atoms with Crippen molar-refractivity contribution in [1.29, 1.82) is 0 Å². The number of H-pyrrole nitrogens is 1. The Bertz CT molecular complexity index is 1790. The first-order valence-electron chi connectivity index (χ1n) is 17.3. The molecule has 1 aromatic heterocycles. The van der Waals surface area contributed by atoms with Crippen LogP contribution in [0, 0.1) is 17.8 Å². The van der Waals surface area contributed by atoms with Crippen LogP contribution in [0.1, 0.15) is 65.8 Å². The van der Waals surface area contributed by atoms with Gasteiger partial charge in [0.05, 0.1) is 17.6 Å². The Morgan fingerprint density at radius 1 is 0.860 bits per heavy atom. The van der Waals surface area contributed by atoms with Crippen LogP contribution in [0.2, 0.25) is 0 Å². The zero-order valence-electron chi connectivity index (χ0n) is 27.8. The van der Waals surface area contributed by atoms with Gasteiger partial charge in [0.1, 0.15) is 18.5 Å². The molecule has 5 N–H and O–H groups in total. The summed E-state index contributed by atoms with van der Waals surface area (Å²) in [4.78, 5) is 60.8. The SMILES string of the molecule is O=C(N[C@@H](CNC(=O)c1ccc(CN(Cc2nc3ccccc3[nH]2)C(=O)NC23CC4CC(CC(C4)C2)C3)cc1)C(=O)O)OCc1ccccc1. The molecule has 4 aromatic rings. The van der Waals surface area contributed by atoms with Crippen molar-refractivity contribution < 1.29 is 29.0 Å². The molecule has 1 heterocycles. The number of aliphatic carboxylic acids is 1. The summed E-state index contributed by atoms with van der Waals surface area (Å²) < 4.78 is 5.12. The summed E-state index contributed by atoms with van der Waals surface area (Å²) in [5.74, 6) is 0.959. The van der Waals surface area contributed by atoms with E-state index in [9.17, 15) is 24.3 Å². The second kappa shape index (κ2) is 14.2. The number of ether oxygens (including phenoxy) is 1. The highest BCUT2D eigenvalue weighted by atomic mass is 16.5. The van der Waals surface area contributed by atoms with Crippen molar-refractivity contribution in [3.8, 4) is 0 Å². The van der Waals surface area contributed by atoms with E-state index in [2.05, 4.69) is 20.9 Å². The lowest BCUT2D eigenvalue weighted by Gasteiger charge is -2.57. The second-order valence-corrected chi connectivity index (χ2v) is 14.2. The van der Waals surface area contributed by atoms with E-state index in [-0.39, 0.29) is 31.3 Å². The fraction of sp³-hybridized carbons (Fsp3) is 0.395. The van der Waals surface area contributed by atoms with Crippen LogP contribution in [0.15, 0.2) is 78.9 Å². The molecule has 8 rings (SSSR count). The molecule has 4 bridgehead atoms. The fourth-order valence-corrected chi connectivity index (χ4v) is 8.42. The van der Waals surface area contributed by atoms with Crippen molar-refractivity contribution in [3.63, 3.8) is 0 Å². The van der Waals surface area contributed by atoms with Gasteiger partial charge in [-0.1, -0.05) is 54.6 Å². The van der Waals surface area contributed by atoms with Crippen molar-refractivity contribution in [2.75, 3.05) is 6.54 Å². The first-order valence-corrected chi connectivity index (χ1v) is 17.3. The minimum Gasteiger partial charge on any atom is -0.480 e. The summed E-state index contributed by atoms with van der Waals surface area (Å²) in [5.41, 5.74) is 3.48. The number of amides is 4. The number of nitrogens with zero attached hydrogens (tertiary/aromatic N) is 2. The van der Waals surface area contributed by atoms with Crippen LogP contribution in [0.5, 0.6) is 0 Å². The van der Waals surface area contributed by atoms with Crippen LogP contribution in [0.25, 0.3) is 11.0 Å². The quantitative estimate of drug-likeness (QED) is 0.135. The summed E-state index contributed by atoms with van der Waals surface area (Å²) in [6, 6.07) is 22.1. The van der Waals surface area contributed by atoms with Crippen molar-refractivity contribution in [2.45, 2.75) is 69.8 Å². The Kier molecular flexibility index (Phi) is 9.42. The number of hydrogen-bond donors (Lipinski definition) is 5. The van der Waals surface area contributed by atoms with Gasteiger partial charge in [-0.3, -0.25) is 4.79 Å². The van der Waals surface area contributed by atoms with Crippen molar-refractivity contribution in [3.05, 3.63) is 101 Å². The molecule has 0 saturated heterocycles. The van der Waals surface area contributed by atoms with Gasteiger partial charge in [-0.25, -0.2) is 19.4 Å². The third-order valence-corrected chi connectivity index (χ3v) is 10.3. The van der Waals surface area contributed by atoms with Crippen LogP contribution < -0.4 is 16.0 Å². The third-order valence-electron chi connectivity index (χ3n) is 10.3. The molecule has 0 radical (unpaired) electrons. The van der Waals surface area contributed by atoms with Crippen LogP contribution in [0.3, 0.4) is 0 Å². The lowest BCUT2D eigenvalue weighted by Crippen LogP contribution is -2.61. The zero-order valence-corrected chi connectivity index (χ0v) is 27.8. The van der Waals surface area contributed by atoms with Crippen LogP contribution in [-0.2, 0) is 29.2 Å². The van der Waals surface area contributed by atoms with Gasteiger partial charge in [0.15, 0.2) is 0 Å². The molecule has 3 aromatic carbocycles. The van der Waals surface area contributed by atoms with Gasteiger partial charge in [0, 0.05) is 24.2 Å². The second-order valence-electron chi connectivity index (χ2n) is 14.2. The monoisotopic (exact) mass is 678 g/mol. The number of carboxylic acid groups (broad SMARTS) is 1. The maximum atomic E-state index is 14.0. The lowest BCUT2D eigenvalue weighted by atomic mass is 9.53. The van der Waals surface area contributed by atoms with E-state index in [0.29, 0.717) is 35.7 Å². The molecule has 4 aliphatic rings. The van der Waals surface area contributed by atoms with Crippen LogP contribution in [-0.4, -0.2) is 62.1 Å². The van der Waals surface area contributed by atoms with E-state index in [4.69, 9.17) is 9.72 Å². The Morgan fingerprint density at radius 2 is 1.52 bits per heavy atom. The Labute approximate surface area is 290 Å². The third kappa shape index (κ3) is 7.74. The molecule has 4 saturated carbocycles. The summed E-state index contributed by atoms with van der Waals surface area (Å²) in [6.45, 7) is 0.225. The van der Waals surface area contributed by atoms with E-state index in [1.54, 1.807) is 53.4 Å². The number of benzene rings is 3. The maximum Gasteiger partial charge on any atom is 0.408 e. The van der Waals surface area contributed by atoms with Gasteiger partial charge >= 0.3 is 18.1 Å². The molecule has 4 amide bonds. The number of imidazole rings is 1. The molecular weight excluding hydrogens is 636 g/mol. The largest absolute Gasteiger partial charge is 0.480 e. The first-order chi connectivity index (χ1) is 24.2. The summed E-state index contributed by atoms with van der Waals surface area (Å²) in [6.07, 6.45) is 6.07. The average molecular weight is 679 g/mol. The standard InChI is InChI=1S/C38H42N6O6/c45-34(39-20-32(35(46)47)42-37(49)50-23-25-6-2-1-3-7-25)29-12-10-24(11-13-29)21-44(22-33-40-30-8-4-5-9-31(30)41-33)36(48)43-38-17-26-14-27(18-38)16-28(15-26)19-38/h1-13,26-28,32H,14-23H2,(H,39,45)(H,40,41)(H,42,49)(H,43,48)(H,46,47)/t26?,27?,28?,32-,38?/m0/s1. The molecule has 12 heteroatoms. The Hall–Kier alpha value is -5.39. The number of carbonyl (C=O) groups is 4. The molecular formula is C38H42N6O6. The van der Waals surface area contributed by atoms with E-state index in [1.807, 2.05) is 30.3 Å². The number of para-hydroxylation sites is 2. The highest BCUT2D eigenvalue weighted by Gasteiger charge is 2.51. The van der Waals surface area contributed by atoms with E-state index in [0.717, 1.165) is 41.4 Å². The van der Waals surface area contributed by atoms with Gasteiger partial charge in [0.25, 0.3) is 5.91 Å². The number of carbonyl (C=O) groups excluding carboxylic acids is 3. The Morgan fingerprint density at radius 3 is 2.18 bits per heavy atom. The van der Waals surface area contributed by atoms with Gasteiger partial charge < -0.3 is 35.7 Å². The number of aromatic amines is 1. The van der Waals surface area contributed by atoms with Gasteiger partial charge in [0.2, 0.25) is 0 Å². The summed E-state index contributed by atoms with van der Waals surface area (Å²) >= 11 is 0. The molecule has 50 heavy (non-hydrogen) atoms. The molecule has 0 spiro atoms. The highest BCUT2D eigenvalue weighted by molar-refractivity contribution is 5.94. The van der Waals surface area contributed by atoms with Crippen molar-refractivity contribution in [2.24, 2.45) is 17.8 Å². The highest BCUT2D eigenvalue weighted by Crippen LogP contribution is 2.55. The molecule has 4 fully saturated rings. The number of nitrogens with one attached hydrogen (secondary N) is 4. The number of alkyl carbamates (subject to hydrolysis) is 1. The molecule has 0 unspecified atom stereocenters. The smallest absolute Gasteiger partial charge is 0.408 e. The zero-order chi connectivity index (χ0) is 34.7. The summed E-state index contributed by atoms with van der Waals surface area (Å²) in [5, 5.41) is 18.0. The summed E-state index contributed by atoms with van der Waals surface area (Å²) in [7, 11) is 0. The average Bonchev–Trinajstić information content (AvgIpc) is 3.51. The topological polar surface area (TPSA) is 166 Å². The van der Waals surface area contributed by atoms with Crippen molar-refractivity contribution >= 4 is 35.0 Å². The maximum absolute atomic E-state index is 14.0. The predicted octanol–water partition coefficient (Wildman–Crippen LogP) is 5.35. The van der Waals surface area contributed by atoms with Crippen LogP contribution >= 0.6 is 0 Å². The molecule has 0 aliphatic heterocycles. The number of carboxylic acids is 1. The van der Waals surface area contributed by atoms with E-state index >= 15 is 0 Å². The number of fused-ring (bicyclic) bond motifs is 1. The molecule has 260 valence electrons. The van der Waals surface area contributed by atoms with E-state index in [1.165, 1.54) is 19.3 Å². The van der Waals surface area contributed by atoms with Crippen molar-refractivity contribution in [1.82, 2.24) is 30.8 Å². The number of aromatic nitrogens is 2. The van der Waals surface area contributed by atoms with Gasteiger partial charge in [-0.05, 0) is 91.7 Å². The first kappa shape index (κ1) is 33.1. The molecule has 1 atom stereocenters. The fourth-order valence-electron chi connectivity index (χ4n) is 8.42. The Balaban J connectivity index is 0.983. The molecule has 12 nitrogen and oxygen atoms in total. The number of hydrogen-bond acceptors (Lipinski definition) is 6. The van der Waals surface area contributed by atoms with Gasteiger partial charge in [-0.15, -0.1) is 0 Å². The number of urea groups is 1. The van der Waals surface area contributed by atoms with E-state index < -0.39 is 24.0 Å². The van der Waals surface area contributed by atoms with Crippen LogP contribution in [0.4, 0.5) is 9.59 Å².